The van der Waals surface area contributed by atoms with Crippen LogP contribution in [0.25, 0.3) is 0 Å². The van der Waals surface area contributed by atoms with Gasteiger partial charge < -0.3 is 15.3 Å². The quantitative estimate of drug-likeness (QED) is 0.0453. The summed E-state index contributed by atoms with van der Waals surface area (Å²) < 4.78 is 0. The zero-order valence-corrected chi connectivity index (χ0v) is 35.2. The van der Waals surface area contributed by atoms with Crippen LogP contribution in [0.1, 0.15) is 213 Å². The maximum atomic E-state index is 10.3. The molecule has 0 aliphatic rings. The number of carbonyl (C=O) groups is 3. The smallest absolute Gasteiger partial charge is 0.303 e. The Hall–Kier alpha value is -1.27. The largest absolute Gasteiger partial charge is 0.481 e. The fourth-order valence-corrected chi connectivity index (χ4v) is 4.88. The molecule has 0 bridgehead atoms. The van der Waals surface area contributed by atoms with Crippen molar-refractivity contribution in [2.24, 2.45) is 0 Å². The number of aliphatic carboxylic acids is 3. The van der Waals surface area contributed by atoms with Crippen molar-refractivity contribution in [1.82, 2.24) is 0 Å². The van der Waals surface area contributed by atoms with Gasteiger partial charge in [0.2, 0.25) is 0 Å². The second kappa shape index (κ2) is 51.1. The standard InChI is InChI=1S/3C14H26O2.Y/c3*1-2-3-4-5-6-7-8-9-10-11-12-13-14(15)16;/h3*5-6H,2-4,7-13H2,1H3,(H,15,16);/b3*6-5-;. The van der Waals surface area contributed by atoms with Gasteiger partial charge in [0, 0.05) is 52.0 Å². The molecule has 3 N–H and O–H groups in total. The topological polar surface area (TPSA) is 112 Å². The van der Waals surface area contributed by atoms with E-state index in [2.05, 4.69) is 57.2 Å². The summed E-state index contributed by atoms with van der Waals surface area (Å²) in [6.07, 6.45) is 46.3. The monoisotopic (exact) mass is 767 g/mol. The first-order valence-electron chi connectivity index (χ1n) is 19.9. The third kappa shape index (κ3) is 65.7. The molecule has 0 fully saturated rings. The average molecular weight is 768 g/mol. The van der Waals surface area contributed by atoms with E-state index in [1.54, 1.807) is 0 Å². The molecular weight excluding hydrogens is 689 g/mol. The Morgan fingerprint density at radius 3 is 0.714 bits per heavy atom. The molecule has 285 valence electrons. The van der Waals surface area contributed by atoms with Crippen LogP contribution in [0.3, 0.4) is 0 Å². The second-order valence-corrected chi connectivity index (χ2v) is 12.9. The predicted molar refractivity (Wildman–Crippen MR) is 206 cm³/mol. The summed E-state index contributed by atoms with van der Waals surface area (Å²) in [5.74, 6) is -2.00. The van der Waals surface area contributed by atoms with Crippen molar-refractivity contribution in [1.29, 1.82) is 0 Å². The second-order valence-electron chi connectivity index (χ2n) is 12.9. The van der Waals surface area contributed by atoms with Gasteiger partial charge in [0.15, 0.2) is 0 Å². The summed E-state index contributed by atoms with van der Waals surface area (Å²) in [4.78, 5) is 30.8. The van der Waals surface area contributed by atoms with Gasteiger partial charge in [-0.25, -0.2) is 0 Å². The molecule has 0 rings (SSSR count). The van der Waals surface area contributed by atoms with E-state index in [0.29, 0.717) is 19.3 Å². The van der Waals surface area contributed by atoms with E-state index in [4.69, 9.17) is 15.3 Å². The Kier molecular flexibility index (Phi) is 56.9. The maximum Gasteiger partial charge on any atom is 0.303 e. The minimum atomic E-state index is -0.668. The Morgan fingerprint density at radius 1 is 0.327 bits per heavy atom. The van der Waals surface area contributed by atoms with Gasteiger partial charge in [-0.2, -0.15) is 0 Å². The molecule has 0 aliphatic carbocycles. The van der Waals surface area contributed by atoms with Gasteiger partial charge in [0.05, 0.1) is 0 Å². The number of hydrogen-bond donors (Lipinski definition) is 3. The molecule has 0 saturated carbocycles. The van der Waals surface area contributed by atoms with E-state index in [-0.39, 0.29) is 32.7 Å². The summed E-state index contributed by atoms with van der Waals surface area (Å²) >= 11 is 0. The SMILES string of the molecule is CCCC/C=C\CCCCCCCC(=O)O.CCCC/C=C\CCCCCCCC(=O)O.CCCC/C=C\CCCCCCCC(=O)O.[Y]. The van der Waals surface area contributed by atoms with E-state index in [1.807, 2.05) is 0 Å². The van der Waals surface area contributed by atoms with Crippen LogP contribution in [0.2, 0.25) is 0 Å². The van der Waals surface area contributed by atoms with Crippen LogP contribution in [-0.4, -0.2) is 33.2 Å². The molecule has 0 aromatic carbocycles. The van der Waals surface area contributed by atoms with E-state index in [1.165, 1.54) is 135 Å². The van der Waals surface area contributed by atoms with Crippen LogP contribution in [-0.2, 0) is 47.1 Å². The van der Waals surface area contributed by atoms with Gasteiger partial charge in [0.25, 0.3) is 0 Å². The van der Waals surface area contributed by atoms with Gasteiger partial charge in [-0.1, -0.05) is 154 Å². The molecule has 0 aromatic rings. The zero-order valence-electron chi connectivity index (χ0n) is 32.3. The first-order valence-corrected chi connectivity index (χ1v) is 19.9. The third-order valence-corrected chi connectivity index (χ3v) is 7.96. The number of carboxylic acid groups (broad SMARTS) is 3. The van der Waals surface area contributed by atoms with E-state index in [9.17, 15) is 14.4 Å². The Labute approximate surface area is 328 Å². The zero-order chi connectivity index (χ0) is 36.2. The first-order chi connectivity index (χ1) is 23.3. The molecule has 0 atom stereocenters. The van der Waals surface area contributed by atoms with Gasteiger partial charge >= 0.3 is 17.9 Å². The van der Waals surface area contributed by atoms with Gasteiger partial charge in [-0.15, -0.1) is 0 Å². The van der Waals surface area contributed by atoms with Crippen molar-refractivity contribution < 1.29 is 62.4 Å². The predicted octanol–water partition coefficient (Wildman–Crippen LogP) is 13.6. The first kappa shape index (κ1) is 54.5. The molecular formula is C42H78O6Y. The van der Waals surface area contributed by atoms with Crippen molar-refractivity contribution >= 4 is 17.9 Å². The number of unbranched alkanes of at least 4 members (excludes halogenated alkanes) is 21. The third-order valence-electron chi connectivity index (χ3n) is 7.96. The minimum Gasteiger partial charge on any atom is -0.481 e. The van der Waals surface area contributed by atoms with Crippen LogP contribution in [0, 0.1) is 0 Å². The molecule has 0 amide bonds. The van der Waals surface area contributed by atoms with E-state index < -0.39 is 17.9 Å². The summed E-state index contributed by atoms with van der Waals surface area (Å²) in [5.41, 5.74) is 0. The summed E-state index contributed by atoms with van der Waals surface area (Å²) in [5, 5.41) is 25.3. The van der Waals surface area contributed by atoms with Crippen molar-refractivity contribution in [2.45, 2.75) is 213 Å². The van der Waals surface area contributed by atoms with Crippen LogP contribution in [0.15, 0.2) is 36.5 Å². The molecule has 0 saturated heterocycles. The van der Waals surface area contributed by atoms with Gasteiger partial charge in [0.1, 0.15) is 0 Å². The van der Waals surface area contributed by atoms with Crippen molar-refractivity contribution in [3.8, 4) is 0 Å². The van der Waals surface area contributed by atoms with Crippen LogP contribution >= 0.6 is 0 Å². The van der Waals surface area contributed by atoms with Crippen molar-refractivity contribution in [2.75, 3.05) is 0 Å². The molecule has 49 heavy (non-hydrogen) atoms. The summed E-state index contributed by atoms with van der Waals surface area (Å²) in [6, 6.07) is 0. The fraction of sp³-hybridized carbons (Fsp3) is 0.786. The van der Waals surface area contributed by atoms with Gasteiger partial charge in [-0.3, -0.25) is 14.4 Å². The summed E-state index contributed by atoms with van der Waals surface area (Å²) in [7, 11) is 0. The fourth-order valence-electron chi connectivity index (χ4n) is 4.88. The average Bonchev–Trinajstić information content (AvgIpc) is 3.05. The molecule has 7 heteroatoms. The number of hydrogen-bond acceptors (Lipinski definition) is 3. The van der Waals surface area contributed by atoms with E-state index >= 15 is 0 Å². The number of rotatable bonds is 33. The summed E-state index contributed by atoms with van der Waals surface area (Å²) in [6.45, 7) is 6.64. The van der Waals surface area contributed by atoms with Gasteiger partial charge in [-0.05, 0) is 77.0 Å². The maximum absolute atomic E-state index is 10.3. The Bertz CT molecular complexity index is 662. The van der Waals surface area contributed by atoms with Crippen LogP contribution < -0.4 is 0 Å². The normalized spacial score (nSPS) is 10.8. The van der Waals surface area contributed by atoms with E-state index in [0.717, 1.165) is 38.5 Å². The molecule has 0 spiro atoms. The molecule has 0 heterocycles. The molecule has 0 aromatic heterocycles. The van der Waals surface area contributed by atoms with Crippen LogP contribution in [0.4, 0.5) is 0 Å². The Balaban J connectivity index is -0.000000307. The molecule has 0 aliphatic heterocycles. The Morgan fingerprint density at radius 2 is 0.510 bits per heavy atom. The molecule has 0 unspecified atom stereocenters. The molecule has 1 radical (unpaired) electrons. The van der Waals surface area contributed by atoms with Crippen LogP contribution in [0.5, 0.6) is 0 Å². The minimum absolute atomic E-state index is 0. The number of allylic oxidation sites excluding steroid dienone is 6. The van der Waals surface area contributed by atoms with Crippen molar-refractivity contribution in [3.05, 3.63) is 36.5 Å². The van der Waals surface area contributed by atoms with Crippen molar-refractivity contribution in [3.63, 3.8) is 0 Å². The number of carboxylic acids is 3. The molecule has 6 nitrogen and oxygen atoms in total.